The maximum atomic E-state index is 13.7. The van der Waals surface area contributed by atoms with Gasteiger partial charge in [0.05, 0.1) is 17.4 Å². The molecule has 0 saturated heterocycles. The standard InChI is InChI=1S/C14H18FNO3/c15-12-7-10(14(18)19)3-6-13(12)16-8-9-1-4-11(17)5-2-9/h3,6-7,9,11,16-17H,1-2,4-5,8H2,(H,18,19). The number of anilines is 1. The highest BCUT2D eigenvalue weighted by atomic mass is 19.1. The normalized spacial score (nSPS) is 23.1. The summed E-state index contributed by atoms with van der Waals surface area (Å²) in [7, 11) is 0. The molecule has 2 rings (SSSR count). The van der Waals surface area contributed by atoms with Gasteiger partial charge in [0.2, 0.25) is 0 Å². The van der Waals surface area contributed by atoms with Crippen molar-refractivity contribution in [3.05, 3.63) is 29.6 Å². The summed E-state index contributed by atoms with van der Waals surface area (Å²) in [6.07, 6.45) is 3.27. The zero-order chi connectivity index (χ0) is 13.8. The van der Waals surface area contributed by atoms with Crippen molar-refractivity contribution in [3.63, 3.8) is 0 Å². The molecule has 0 spiro atoms. The highest BCUT2D eigenvalue weighted by molar-refractivity contribution is 5.88. The number of halogens is 1. The molecule has 3 N–H and O–H groups in total. The van der Waals surface area contributed by atoms with E-state index in [2.05, 4.69) is 5.32 Å². The Kier molecular flexibility index (Phi) is 4.37. The van der Waals surface area contributed by atoms with E-state index < -0.39 is 11.8 Å². The molecule has 0 atom stereocenters. The number of carboxylic acid groups (broad SMARTS) is 1. The quantitative estimate of drug-likeness (QED) is 0.784. The van der Waals surface area contributed by atoms with Crippen LogP contribution in [0.1, 0.15) is 36.0 Å². The van der Waals surface area contributed by atoms with Crippen LogP contribution >= 0.6 is 0 Å². The molecule has 0 aromatic heterocycles. The van der Waals surface area contributed by atoms with Gasteiger partial charge >= 0.3 is 5.97 Å². The number of benzene rings is 1. The van der Waals surface area contributed by atoms with Crippen LogP contribution in [-0.4, -0.2) is 28.8 Å². The van der Waals surface area contributed by atoms with Gasteiger partial charge in [-0.2, -0.15) is 0 Å². The number of carbonyl (C=O) groups is 1. The predicted octanol–water partition coefficient (Wildman–Crippen LogP) is 2.49. The first-order valence-electron chi connectivity index (χ1n) is 6.51. The summed E-state index contributed by atoms with van der Waals surface area (Å²) in [5.41, 5.74) is 0.278. The fourth-order valence-corrected chi connectivity index (χ4v) is 2.39. The van der Waals surface area contributed by atoms with E-state index >= 15 is 0 Å². The number of hydrogen-bond donors (Lipinski definition) is 3. The summed E-state index contributed by atoms with van der Waals surface area (Å²) in [5.74, 6) is -1.25. The van der Waals surface area contributed by atoms with Gasteiger partial charge in [-0.15, -0.1) is 0 Å². The first kappa shape index (κ1) is 13.8. The zero-order valence-electron chi connectivity index (χ0n) is 10.6. The molecule has 0 heterocycles. The third kappa shape index (κ3) is 3.67. The van der Waals surface area contributed by atoms with Crippen LogP contribution in [0.5, 0.6) is 0 Å². The van der Waals surface area contributed by atoms with Crippen LogP contribution in [0.3, 0.4) is 0 Å². The van der Waals surface area contributed by atoms with E-state index in [9.17, 15) is 14.3 Å². The molecule has 1 aromatic carbocycles. The predicted molar refractivity (Wildman–Crippen MR) is 69.8 cm³/mol. The average molecular weight is 267 g/mol. The second-order valence-electron chi connectivity index (χ2n) is 5.06. The molecule has 19 heavy (non-hydrogen) atoms. The second-order valence-corrected chi connectivity index (χ2v) is 5.06. The molecule has 104 valence electrons. The van der Waals surface area contributed by atoms with Crippen molar-refractivity contribution in [3.8, 4) is 0 Å². The summed E-state index contributed by atoms with van der Waals surface area (Å²) in [6, 6.07) is 3.87. The lowest BCUT2D eigenvalue weighted by Gasteiger charge is -2.25. The van der Waals surface area contributed by atoms with Crippen LogP contribution in [0.15, 0.2) is 18.2 Å². The summed E-state index contributed by atoms with van der Waals surface area (Å²) < 4.78 is 13.7. The van der Waals surface area contributed by atoms with Crippen molar-refractivity contribution in [1.29, 1.82) is 0 Å². The van der Waals surface area contributed by atoms with Crippen LogP contribution in [0.25, 0.3) is 0 Å². The number of aromatic carboxylic acids is 1. The van der Waals surface area contributed by atoms with Crippen LogP contribution in [-0.2, 0) is 0 Å². The molecule has 0 bridgehead atoms. The van der Waals surface area contributed by atoms with Gasteiger partial charge in [-0.3, -0.25) is 0 Å². The van der Waals surface area contributed by atoms with Gasteiger partial charge in [0.1, 0.15) is 5.82 Å². The third-order valence-electron chi connectivity index (χ3n) is 3.61. The average Bonchev–Trinajstić information content (AvgIpc) is 2.39. The molecule has 0 unspecified atom stereocenters. The van der Waals surface area contributed by atoms with E-state index in [1.165, 1.54) is 12.1 Å². The van der Waals surface area contributed by atoms with E-state index in [1.807, 2.05) is 0 Å². The second kappa shape index (κ2) is 6.02. The molecule has 1 aliphatic rings. The number of nitrogens with one attached hydrogen (secondary N) is 1. The van der Waals surface area contributed by atoms with Gasteiger partial charge in [-0.05, 0) is 49.8 Å². The monoisotopic (exact) mass is 267 g/mol. The molecule has 1 saturated carbocycles. The minimum absolute atomic E-state index is 0.0520. The van der Waals surface area contributed by atoms with E-state index in [-0.39, 0.29) is 11.7 Å². The molecular weight excluding hydrogens is 249 g/mol. The number of aliphatic hydroxyl groups is 1. The Morgan fingerprint density at radius 1 is 1.32 bits per heavy atom. The lowest BCUT2D eigenvalue weighted by Crippen LogP contribution is -2.23. The highest BCUT2D eigenvalue weighted by Crippen LogP contribution is 2.25. The summed E-state index contributed by atoms with van der Waals surface area (Å²) in [6.45, 7) is 0.649. The Bertz CT molecular complexity index is 456. The molecule has 1 fully saturated rings. The van der Waals surface area contributed by atoms with Crippen LogP contribution in [0, 0.1) is 11.7 Å². The van der Waals surface area contributed by atoms with Crippen LogP contribution < -0.4 is 5.32 Å². The molecule has 4 nitrogen and oxygen atoms in total. The van der Waals surface area contributed by atoms with Crippen molar-refractivity contribution in [2.24, 2.45) is 5.92 Å². The Morgan fingerprint density at radius 3 is 2.58 bits per heavy atom. The lowest BCUT2D eigenvalue weighted by molar-refractivity contribution is 0.0696. The largest absolute Gasteiger partial charge is 0.478 e. The lowest BCUT2D eigenvalue weighted by atomic mass is 9.87. The Morgan fingerprint density at radius 2 is 2.00 bits per heavy atom. The molecular formula is C14H18FNO3. The molecule has 5 heteroatoms. The van der Waals surface area contributed by atoms with E-state index in [0.29, 0.717) is 18.2 Å². The molecule has 1 aliphatic carbocycles. The van der Waals surface area contributed by atoms with Crippen molar-refractivity contribution >= 4 is 11.7 Å². The first-order chi connectivity index (χ1) is 9.06. The number of rotatable bonds is 4. The fraction of sp³-hybridized carbons (Fsp3) is 0.500. The molecule has 0 amide bonds. The van der Waals surface area contributed by atoms with Gasteiger partial charge in [0.15, 0.2) is 0 Å². The summed E-state index contributed by atoms with van der Waals surface area (Å²) >= 11 is 0. The highest BCUT2D eigenvalue weighted by Gasteiger charge is 2.19. The molecule has 0 radical (unpaired) electrons. The minimum Gasteiger partial charge on any atom is -0.478 e. The maximum Gasteiger partial charge on any atom is 0.335 e. The van der Waals surface area contributed by atoms with E-state index in [4.69, 9.17) is 5.11 Å². The van der Waals surface area contributed by atoms with Crippen molar-refractivity contribution < 1.29 is 19.4 Å². The minimum atomic E-state index is -1.13. The fourth-order valence-electron chi connectivity index (χ4n) is 2.39. The number of aliphatic hydroxyl groups excluding tert-OH is 1. The van der Waals surface area contributed by atoms with Crippen molar-refractivity contribution in [2.75, 3.05) is 11.9 Å². The number of hydrogen-bond acceptors (Lipinski definition) is 3. The molecule has 0 aliphatic heterocycles. The Labute approximate surface area is 111 Å². The summed E-state index contributed by atoms with van der Waals surface area (Å²) in [5, 5.41) is 21.2. The maximum absolute atomic E-state index is 13.7. The first-order valence-corrected chi connectivity index (χ1v) is 6.51. The van der Waals surface area contributed by atoms with Crippen molar-refractivity contribution in [2.45, 2.75) is 31.8 Å². The molecule has 1 aromatic rings. The van der Waals surface area contributed by atoms with Gasteiger partial charge in [-0.1, -0.05) is 0 Å². The topological polar surface area (TPSA) is 69.6 Å². The zero-order valence-corrected chi connectivity index (χ0v) is 10.6. The third-order valence-corrected chi connectivity index (χ3v) is 3.61. The Balaban J connectivity index is 1.91. The smallest absolute Gasteiger partial charge is 0.335 e. The van der Waals surface area contributed by atoms with Gasteiger partial charge in [0, 0.05) is 6.54 Å². The van der Waals surface area contributed by atoms with Crippen molar-refractivity contribution in [1.82, 2.24) is 0 Å². The van der Waals surface area contributed by atoms with Gasteiger partial charge in [-0.25, -0.2) is 9.18 Å². The van der Waals surface area contributed by atoms with Gasteiger partial charge < -0.3 is 15.5 Å². The van der Waals surface area contributed by atoms with Crippen LogP contribution in [0.2, 0.25) is 0 Å². The SMILES string of the molecule is O=C(O)c1ccc(NCC2CCC(O)CC2)c(F)c1. The van der Waals surface area contributed by atoms with E-state index in [0.717, 1.165) is 31.7 Å². The van der Waals surface area contributed by atoms with Crippen LogP contribution in [0.4, 0.5) is 10.1 Å². The van der Waals surface area contributed by atoms with E-state index in [1.54, 1.807) is 0 Å². The number of carboxylic acids is 1. The van der Waals surface area contributed by atoms with Gasteiger partial charge in [0.25, 0.3) is 0 Å². The Hall–Kier alpha value is -1.62. The summed E-state index contributed by atoms with van der Waals surface area (Å²) in [4.78, 5) is 10.7.